The topological polar surface area (TPSA) is 65.1 Å². The molecule has 3 rings (SSSR count). The molecule has 5 heteroatoms. The average Bonchev–Trinajstić information content (AvgIpc) is 3.12. The number of aromatic nitrogens is 2. The van der Waals surface area contributed by atoms with Gasteiger partial charge in [0, 0.05) is 13.6 Å². The summed E-state index contributed by atoms with van der Waals surface area (Å²) in [4.78, 5) is 12.0. The van der Waals surface area contributed by atoms with Crippen molar-refractivity contribution in [1.82, 2.24) is 20.6 Å². The van der Waals surface area contributed by atoms with Gasteiger partial charge < -0.3 is 15.6 Å². The first kappa shape index (κ1) is 15.8. The number of guanidine groups is 1. The summed E-state index contributed by atoms with van der Waals surface area (Å²) in [5.74, 6) is 1.62. The molecule has 5 nitrogen and oxygen atoms in total. The van der Waals surface area contributed by atoms with Gasteiger partial charge in [0.15, 0.2) is 5.96 Å². The first-order valence-electron chi connectivity index (χ1n) is 7.93. The maximum absolute atomic E-state index is 4.42. The molecular formula is C19H21N5. The van der Waals surface area contributed by atoms with E-state index in [4.69, 9.17) is 0 Å². The molecule has 24 heavy (non-hydrogen) atoms. The summed E-state index contributed by atoms with van der Waals surface area (Å²) in [6, 6.07) is 20.4. The van der Waals surface area contributed by atoms with E-state index in [2.05, 4.69) is 49.9 Å². The van der Waals surface area contributed by atoms with Crippen LogP contribution in [-0.4, -0.2) is 23.0 Å². The lowest BCUT2D eigenvalue weighted by atomic mass is 10.2. The number of nitrogens with one attached hydrogen (secondary N) is 3. The quantitative estimate of drug-likeness (QED) is 0.500. The van der Waals surface area contributed by atoms with Crippen LogP contribution in [0.15, 0.2) is 71.9 Å². The minimum absolute atomic E-state index is 0.585. The van der Waals surface area contributed by atoms with Crippen LogP contribution in [0.5, 0.6) is 0 Å². The van der Waals surface area contributed by atoms with Gasteiger partial charge in [0.25, 0.3) is 0 Å². The Morgan fingerprint density at radius 2 is 1.62 bits per heavy atom. The zero-order valence-corrected chi connectivity index (χ0v) is 13.7. The number of imidazole rings is 1. The smallest absolute Gasteiger partial charge is 0.191 e. The van der Waals surface area contributed by atoms with E-state index in [1.54, 1.807) is 7.05 Å². The predicted molar refractivity (Wildman–Crippen MR) is 97.5 cm³/mol. The highest BCUT2D eigenvalue weighted by Gasteiger charge is 2.04. The molecule has 1 heterocycles. The van der Waals surface area contributed by atoms with Crippen LogP contribution in [0.1, 0.15) is 11.4 Å². The Kier molecular flexibility index (Phi) is 5.24. The van der Waals surface area contributed by atoms with Crippen molar-refractivity contribution in [1.29, 1.82) is 0 Å². The monoisotopic (exact) mass is 319 g/mol. The summed E-state index contributed by atoms with van der Waals surface area (Å²) in [5.41, 5.74) is 3.35. The molecule has 0 aliphatic rings. The SMILES string of the molecule is CN=C(NCc1ccccc1)NCc1ncc(-c2ccccc2)[nH]1. The maximum atomic E-state index is 4.42. The van der Waals surface area contributed by atoms with Gasteiger partial charge in [0.05, 0.1) is 18.4 Å². The highest BCUT2D eigenvalue weighted by molar-refractivity contribution is 5.79. The third kappa shape index (κ3) is 4.23. The summed E-state index contributed by atoms with van der Waals surface area (Å²) in [5, 5.41) is 6.56. The van der Waals surface area contributed by atoms with Crippen LogP contribution in [0.3, 0.4) is 0 Å². The number of hydrogen-bond donors (Lipinski definition) is 3. The Labute approximate surface area is 141 Å². The highest BCUT2D eigenvalue weighted by atomic mass is 15.2. The van der Waals surface area contributed by atoms with Gasteiger partial charge in [0.1, 0.15) is 5.82 Å². The molecule has 0 fully saturated rings. The first-order valence-corrected chi connectivity index (χ1v) is 7.93. The fraction of sp³-hybridized carbons (Fsp3) is 0.158. The number of nitrogens with zero attached hydrogens (tertiary/aromatic N) is 2. The van der Waals surface area contributed by atoms with E-state index in [1.807, 2.05) is 42.6 Å². The molecule has 0 atom stereocenters. The van der Waals surface area contributed by atoms with E-state index in [9.17, 15) is 0 Å². The zero-order valence-electron chi connectivity index (χ0n) is 13.7. The summed E-state index contributed by atoms with van der Waals surface area (Å²) < 4.78 is 0. The number of benzene rings is 2. The average molecular weight is 319 g/mol. The van der Waals surface area contributed by atoms with E-state index in [0.717, 1.165) is 29.6 Å². The molecule has 122 valence electrons. The number of aliphatic imine (C=N–C) groups is 1. The Balaban J connectivity index is 1.54. The van der Waals surface area contributed by atoms with Gasteiger partial charge in [-0.15, -0.1) is 0 Å². The molecule has 0 spiro atoms. The second-order valence-corrected chi connectivity index (χ2v) is 5.37. The maximum Gasteiger partial charge on any atom is 0.191 e. The lowest BCUT2D eigenvalue weighted by Crippen LogP contribution is -2.36. The van der Waals surface area contributed by atoms with Crippen LogP contribution in [0, 0.1) is 0 Å². The molecule has 0 aliphatic heterocycles. The molecule has 3 aromatic rings. The summed E-state index contributed by atoms with van der Waals surface area (Å²) in [7, 11) is 1.76. The number of aromatic amines is 1. The minimum Gasteiger partial charge on any atom is -0.352 e. The molecule has 0 saturated heterocycles. The number of rotatable bonds is 5. The van der Waals surface area contributed by atoms with Crippen molar-refractivity contribution in [3.05, 3.63) is 78.2 Å². The molecule has 2 aromatic carbocycles. The van der Waals surface area contributed by atoms with Crippen LogP contribution >= 0.6 is 0 Å². The van der Waals surface area contributed by atoms with Crippen LogP contribution in [0.4, 0.5) is 0 Å². The Hall–Kier alpha value is -3.08. The normalized spacial score (nSPS) is 11.3. The molecule has 0 bridgehead atoms. The Bertz CT molecular complexity index is 778. The molecular weight excluding hydrogens is 298 g/mol. The first-order chi connectivity index (χ1) is 11.8. The molecule has 0 amide bonds. The van der Waals surface area contributed by atoms with E-state index in [0.29, 0.717) is 6.54 Å². The van der Waals surface area contributed by atoms with Crippen molar-refractivity contribution < 1.29 is 0 Å². The van der Waals surface area contributed by atoms with E-state index in [1.165, 1.54) is 5.56 Å². The van der Waals surface area contributed by atoms with Crippen molar-refractivity contribution in [3.63, 3.8) is 0 Å². The molecule has 1 aromatic heterocycles. The largest absolute Gasteiger partial charge is 0.352 e. The molecule has 0 aliphatic carbocycles. The fourth-order valence-electron chi connectivity index (χ4n) is 2.39. The minimum atomic E-state index is 0.585. The summed E-state index contributed by atoms with van der Waals surface area (Å²) in [6.45, 7) is 1.31. The van der Waals surface area contributed by atoms with Gasteiger partial charge in [-0.25, -0.2) is 4.98 Å². The Morgan fingerprint density at radius 3 is 2.33 bits per heavy atom. The van der Waals surface area contributed by atoms with Gasteiger partial charge in [-0.2, -0.15) is 0 Å². The summed E-state index contributed by atoms with van der Waals surface area (Å²) >= 11 is 0. The van der Waals surface area contributed by atoms with Crippen molar-refractivity contribution in [2.24, 2.45) is 4.99 Å². The molecule has 3 N–H and O–H groups in total. The molecule has 0 unspecified atom stereocenters. The fourth-order valence-corrected chi connectivity index (χ4v) is 2.39. The second-order valence-electron chi connectivity index (χ2n) is 5.37. The second kappa shape index (κ2) is 7.97. The summed E-state index contributed by atoms with van der Waals surface area (Å²) in [6.07, 6.45) is 1.85. The lowest BCUT2D eigenvalue weighted by molar-refractivity contribution is 0.782. The van der Waals surface area contributed by atoms with Crippen LogP contribution in [-0.2, 0) is 13.1 Å². The van der Waals surface area contributed by atoms with Crippen LogP contribution in [0.2, 0.25) is 0 Å². The van der Waals surface area contributed by atoms with Gasteiger partial charge in [-0.3, -0.25) is 4.99 Å². The van der Waals surface area contributed by atoms with Crippen molar-refractivity contribution >= 4 is 5.96 Å². The van der Waals surface area contributed by atoms with E-state index >= 15 is 0 Å². The zero-order chi connectivity index (χ0) is 16.6. The van der Waals surface area contributed by atoms with E-state index < -0.39 is 0 Å². The van der Waals surface area contributed by atoms with Crippen LogP contribution < -0.4 is 10.6 Å². The van der Waals surface area contributed by atoms with E-state index in [-0.39, 0.29) is 0 Å². The number of H-pyrrole nitrogens is 1. The van der Waals surface area contributed by atoms with Crippen molar-refractivity contribution in [2.75, 3.05) is 7.05 Å². The van der Waals surface area contributed by atoms with Crippen molar-refractivity contribution in [3.8, 4) is 11.3 Å². The molecule has 0 saturated carbocycles. The highest BCUT2D eigenvalue weighted by Crippen LogP contribution is 2.15. The lowest BCUT2D eigenvalue weighted by Gasteiger charge is -2.11. The van der Waals surface area contributed by atoms with Crippen molar-refractivity contribution in [2.45, 2.75) is 13.1 Å². The van der Waals surface area contributed by atoms with Gasteiger partial charge in [-0.1, -0.05) is 60.7 Å². The van der Waals surface area contributed by atoms with Crippen LogP contribution in [0.25, 0.3) is 11.3 Å². The van der Waals surface area contributed by atoms with Gasteiger partial charge >= 0.3 is 0 Å². The molecule has 0 radical (unpaired) electrons. The predicted octanol–water partition coefficient (Wildman–Crippen LogP) is 2.94. The van der Waals surface area contributed by atoms with Gasteiger partial charge in [-0.05, 0) is 11.1 Å². The standard InChI is InChI=1S/C19H21N5/c1-20-19(22-12-15-8-4-2-5-9-15)23-14-18-21-13-17(24-18)16-10-6-3-7-11-16/h2-11,13H,12,14H2,1H3,(H,21,24)(H2,20,22,23). The Morgan fingerprint density at radius 1 is 0.958 bits per heavy atom. The third-order valence-electron chi connectivity index (χ3n) is 3.66. The number of hydrogen-bond acceptors (Lipinski definition) is 2. The third-order valence-corrected chi connectivity index (χ3v) is 3.66. The van der Waals surface area contributed by atoms with Gasteiger partial charge in [0.2, 0.25) is 0 Å².